The molecular formula is C13H29N3O. The second-order valence-corrected chi connectivity index (χ2v) is 5.13. The molecule has 17 heavy (non-hydrogen) atoms. The van der Waals surface area contributed by atoms with Crippen molar-refractivity contribution in [3.05, 3.63) is 0 Å². The maximum absolute atomic E-state index is 11.7. The lowest BCUT2D eigenvalue weighted by atomic mass is 9.99. The van der Waals surface area contributed by atoms with Crippen molar-refractivity contribution in [3.63, 3.8) is 0 Å². The summed E-state index contributed by atoms with van der Waals surface area (Å²) in [5.41, 5.74) is 5.84. The molecule has 0 aliphatic carbocycles. The molecular weight excluding hydrogens is 214 g/mol. The van der Waals surface area contributed by atoms with Crippen LogP contribution in [0, 0.1) is 5.92 Å². The SMILES string of the molecule is CC[C@H](C)[C@H](N)C(=O)NCCCN(C)C(C)C. The van der Waals surface area contributed by atoms with Crippen LogP contribution >= 0.6 is 0 Å². The molecule has 0 rings (SSSR count). The lowest BCUT2D eigenvalue weighted by Gasteiger charge is -2.21. The third kappa shape index (κ3) is 6.64. The number of carbonyl (C=O) groups excluding carboxylic acids is 1. The summed E-state index contributed by atoms with van der Waals surface area (Å²) in [6.45, 7) is 10.1. The zero-order chi connectivity index (χ0) is 13.4. The fourth-order valence-electron chi connectivity index (χ4n) is 1.43. The zero-order valence-corrected chi connectivity index (χ0v) is 12.0. The Bertz CT molecular complexity index is 219. The molecule has 0 radical (unpaired) electrons. The van der Waals surface area contributed by atoms with Crippen LogP contribution in [-0.2, 0) is 4.79 Å². The van der Waals surface area contributed by atoms with Crippen LogP contribution in [0.1, 0.15) is 40.5 Å². The van der Waals surface area contributed by atoms with E-state index in [1.165, 1.54) is 0 Å². The first-order valence-corrected chi connectivity index (χ1v) is 6.63. The molecule has 2 atom stereocenters. The normalized spacial score (nSPS) is 15.1. The molecule has 0 aromatic rings. The second-order valence-electron chi connectivity index (χ2n) is 5.13. The quantitative estimate of drug-likeness (QED) is 0.630. The van der Waals surface area contributed by atoms with Gasteiger partial charge in [-0.05, 0) is 39.8 Å². The molecule has 0 spiro atoms. The van der Waals surface area contributed by atoms with Gasteiger partial charge in [0, 0.05) is 12.6 Å². The number of hydrogen-bond acceptors (Lipinski definition) is 3. The molecule has 4 heteroatoms. The molecule has 0 saturated heterocycles. The fourth-order valence-corrected chi connectivity index (χ4v) is 1.43. The van der Waals surface area contributed by atoms with E-state index in [0.29, 0.717) is 12.6 Å². The molecule has 0 fully saturated rings. The largest absolute Gasteiger partial charge is 0.355 e. The summed E-state index contributed by atoms with van der Waals surface area (Å²) >= 11 is 0. The van der Waals surface area contributed by atoms with E-state index in [1.807, 2.05) is 6.92 Å². The minimum absolute atomic E-state index is 0.0217. The number of rotatable bonds is 8. The van der Waals surface area contributed by atoms with Crippen molar-refractivity contribution in [2.75, 3.05) is 20.1 Å². The summed E-state index contributed by atoms with van der Waals surface area (Å²) in [7, 11) is 2.09. The van der Waals surface area contributed by atoms with Gasteiger partial charge in [0.25, 0.3) is 0 Å². The number of carbonyl (C=O) groups is 1. The summed E-state index contributed by atoms with van der Waals surface area (Å²) in [6.07, 6.45) is 1.90. The highest BCUT2D eigenvalue weighted by atomic mass is 16.2. The summed E-state index contributed by atoms with van der Waals surface area (Å²) in [6, 6.07) is 0.177. The van der Waals surface area contributed by atoms with Gasteiger partial charge >= 0.3 is 0 Å². The predicted molar refractivity (Wildman–Crippen MR) is 72.8 cm³/mol. The van der Waals surface area contributed by atoms with E-state index < -0.39 is 0 Å². The summed E-state index contributed by atoms with van der Waals surface area (Å²) < 4.78 is 0. The third-order valence-electron chi connectivity index (χ3n) is 3.43. The highest BCUT2D eigenvalue weighted by Gasteiger charge is 2.18. The van der Waals surface area contributed by atoms with Crippen LogP contribution in [0.15, 0.2) is 0 Å². The highest BCUT2D eigenvalue weighted by molar-refractivity contribution is 5.81. The third-order valence-corrected chi connectivity index (χ3v) is 3.43. The van der Waals surface area contributed by atoms with Crippen molar-refractivity contribution in [2.24, 2.45) is 11.7 Å². The Kier molecular flexibility index (Phi) is 8.17. The summed E-state index contributed by atoms with van der Waals surface area (Å²) in [5.74, 6) is 0.222. The van der Waals surface area contributed by atoms with Gasteiger partial charge < -0.3 is 16.0 Å². The maximum Gasteiger partial charge on any atom is 0.237 e. The monoisotopic (exact) mass is 243 g/mol. The van der Waals surface area contributed by atoms with Gasteiger partial charge in [0.2, 0.25) is 5.91 Å². The van der Waals surface area contributed by atoms with Crippen LogP contribution in [-0.4, -0.2) is 43.0 Å². The minimum atomic E-state index is -0.372. The smallest absolute Gasteiger partial charge is 0.237 e. The van der Waals surface area contributed by atoms with Crippen molar-refractivity contribution in [1.29, 1.82) is 0 Å². The van der Waals surface area contributed by atoms with E-state index >= 15 is 0 Å². The maximum atomic E-state index is 11.7. The lowest BCUT2D eigenvalue weighted by Crippen LogP contribution is -2.45. The molecule has 102 valence electrons. The summed E-state index contributed by atoms with van der Waals surface area (Å²) in [5, 5.41) is 2.90. The first kappa shape index (κ1) is 16.4. The predicted octanol–water partition coefficient (Wildman–Crippen LogP) is 1.21. The highest BCUT2D eigenvalue weighted by Crippen LogP contribution is 2.04. The Morgan fingerprint density at radius 1 is 1.35 bits per heavy atom. The van der Waals surface area contributed by atoms with Gasteiger partial charge in [0.1, 0.15) is 0 Å². The zero-order valence-electron chi connectivity index (χ0n) is 12.0. The summed E-state index contributed by atoms with van der Waals surface area (Å²) in [4.78, 5) is 13.9. The molecule has 0 saturated carbocycles. The van der Waals surface area contributed by atoms with E-state index in [2.05, 4.69) is 38.0 Å². The molecule has 0 aromatic carbocycles. The number of amides is 1. The number of hydrogen-bond donors (Lipinski definition) is 2. The Hall–Kier alpha value is -0.610. The molecule has 0 aliphatic rings. The average Bonchev–Trinajstić information content (AvgIpc) is 2.31. The van der Waals surface area contributed by atoms with Crippen LogP contribution in [0.5, 0.6) is 0 Å². The van der Waals surface area contributed by atoms with Gasteiger partial charge in [-0.1, -0.05) is 20.3 Å². The first-order valence-electron chi connectivity index (χ1n) is 6.63. The van der Waals surface area contributed by atoms with E-state index in [-0.39, 0.29) is 17.9 Å². The molecule has 0 heterocycles. The topological polar surface area (TPSA) is 58.4 Å². The Morgan fingerprint density at radius 2 is 1.94 bits per heavy atom. The number of nitrogens with two attached hydrogens (primary N) is 1. The van der Waals surface area contributed by atoms with Crippen molar-refractivity contribution < 1.29 is 4.79 Å². The van der Waals surface area contributed by atoms with Crippen LogP contribution in [0.3, 0.4) is 0 Å². The molecule has 0 aromatic heterocycles. The van der Waals surface area contributed by atoms with Crippen LogP contribution in [0.2, 0.25) is 0 Å². The van der Waals surface area contributed by atoms with Gasteiger partial charge in [-0.25, -0.2) is 0 Å². The van der Waals surface area contributed by atoms with E-state index in [4.69, 9.17) is 5.73 Å². The van der Waals surface area contributed by atoms with Gasteiger partial charge in [-0.2, -0.15) is 0 Å². The van der Waals surface area contributed by atoms with Gasteiger partial charge in [0.15, 0.2) is 0 Å². The van der Waals surface area contributed by atoms with Crippen LogP contribution in [0.25, 0.3) is 0 Å². The van der Waals surface area contributed by atoms with Crippen molar-refractivity contribution in [2.45, 2.75) is 52.6 Å². The Labute approximate surface area is 106 Å². The number of nitrogens with one attached hydrogen (secondary N) is 1. The minimum Gasteiger partial charge on any atom is -0.355 e. The first-order chi connectivity index (χ1) is 7.90. The molecule has 3 N–H and O–H groups in total. The molecule has 0 unspecified atom stereocenters. The molecule has 1 amide bonds. The van der Waals surface area contributed by atoms with Gasteiger partial charge in [-0.15, -0.1) is 0 Å². The van der Waals surface area contributed by atoms with Gasteiger partial charge in [0.05, 0.1) is 6.04 Å². The van der Waals surface area contributed by atoms with E-state index in [1.54, 1.807) is 0 Å². The average molecular weight is 243 g/mol. The van der Waals surface area contributed by atoms with Crippen LogP contribution < -0.4 is 11.1 Å². The number of nitrogens with zero attached hydrogens (tertiary/aromatic N) is 1. The van der Waals surface area contributed by atoms with Gasteiger partial charge in [-0.3, -0.25) is 4.79 Å². The van der Waals surface area contributed by atoms with E-state index in [9.17, 15) is 4.79 Å². The Balaban J connectivity index is 3.71. The van der Waals surface area contributed by atoms with E-state index in [0.717, 1.165) is 19.4 Å². The lowest BCUT2D eigenvalue weighted by molar-refractivity contribution is -0.123. The fraction of sp³-hybridized carbons (Fsp3) is 0.923. The van der Waals surface area contributed by atoms with Crippen molar-refractivity contribution in [3.8, 4) is 0 Å². The molecule has 4 nitrogen and oxygen atoms in total. The molecule has 0 bridgehead atoms. The van der Waals surface area contributed by atoms with Crippen molar-refractivity contribution >= 4 is 5.91 Å². The molecule has 0 aliphatic heterocycles. The van der Waals surface area contributed by atoms with Crippen LogP contribution in [0.4, 0.5) is 0 Å². The van der Waals surface area contributed by atoms with Crippen molar-refractivity contribution in [1.82, 2.24) is 10.2 Å². The second kappa shape index (κ2) is 8.48. The Morgan fingerprint density at radius 3 is 2.41 bits per heavy atom. The standard InChI is InChI=1S/C13H29N3O/c1-6-11(4)12(14)13(17)15-8-7-9-16(5)10(2)3/h10-12H,6-9,14H2,1-5H3,(H,15,17)/t11-,12-/m0/s1.